The van der Waals surface area contributed by atoms with Gasteiger partial charge in [-0.1, -0.05) is 166 Å². The Morgan fingerprint density at radius 1 is 0.419 bits per heavy atom. The van der Waals surface area contributed by atoms with Gasteiger partial charge in [0.1, 0.15) is 0 Å². The first-order valence-electron chi connectivity index (χ1n) is 17.2. The fraction of sp³-hybridized carbons (Fsp3) is 0.667. The quantitative estimate of drug-likeness (QED) is 0.0962. The Balaban J connectivity index is 1.87. The van der Waals surface area contributed by atoms with Gasteiger partial charge in [-0.3, -0.25) is 0 Å². The van der Waals surface area contributed by atoms with E-state index in [1.807, 2.05) is 0 Å². The maximum Gasteiger partial charge on any atom is 0.312 e. The minimum atomic E-state index is -4.51. The van der Waals surface area contributed by atoms with Crippen LogP contribution in [0, 0.1) is 0 Å². The molecular weight excluding hydrogens is 577 g/mol. The predicted molar refractivity (Wildman–Crippen MR) is 179 cm³/mol. The lowest BCUT2D eigenvalue weighted by molar-refractivity contribution is 0.460. The molecule has 0 bridgehead atoms. The highest BCUT2D eigenvalue weighted by Crippen LogP contribution is 2.27. The van der Waals surface area contributed by atoms with Gasteiger partial charge in [0, 0.05) is 0 Å². The van der Waals surface area contributed by atoms with Crippen LogP contribution in [0.4, 0.5) is 0 Å². The molecule has 0 unspecified atom stereocenters. The summed E-state index contributed by atoms with van der Waals surface area (Å²) < 4.78 is 58.1. The van der Waals surface area contributed by atoms with E-state index in [-0.39, 0.29) is 9.79 Å². The molecule has 0 aliphatic carbocycles. The zero-order valence-electron chi connectivity index (χ0n) is 27.0. The van der Waals surface area contributed by atoms with Gasteiger partial charge in [-0.25, -0.2) is 0 Å². The van der Waals surface area contributed by atoms with Crippen molar-refractivity contribution in [2.45, 2.75) is 165 Å². The van der Waals surface area contributed by atoms with Gasteiger partial charge in [0.2, 0.25) is 0 Å². The standard InChI is InChI=1S/C36H58O5S2/c1-3-5-7-9-11-13-15-17-19-21-27-33-29-23-25-31-35(33)42(37,38)41-43(39,40)36-32-26-24-30-34(36)28-22-20-18-16-14-12-10-8-6-4-2/h23-26,29-32H,3-22,27-28H2,1-2H3. The van der Waals surface area contributed by atoms with Crippen LogP contribution < -0.4 is 0 Å². The Hall–Kier alpha value is -1.70. The molecule has 0 N–H and O–H groups in total. The second-order valence-corrected chi connectivity index (χ2v) is 15.3. The molecule has 43 heavy (non-hydrogen) atoms. The first-order chi connectivity index (χ1) is 20.8. The predicted octanol–water partition coefficient (Wildman–Crippen LogP) is 10.7. The topological polar surface area (TPSA) is 77.5 Å². The molecule has 0 saturated heterocycles. The first-order valence-corrected chi connectivity index (χ1v) is 20.0. The van der Waals surface area contributed by atoms with E-state index in [0.29, 0.717) is 24.0 Å². The van der Waals surface area contributed by atoms with Crippen molar-refractivity contribution in [3.63, 3.8) is 0 Å². The lowest BCUT2D eigenvalue weighted by atomic mass is 10.0. The second kappa shape index (κ2) is 21.9. The highest BCUT2D eigenvalue weighted by Gasteiger charge is 2.30. The van der Waals surface area contributed by atoms with Crippen molar-refractivity contribution in [3.05, 3.63) is 59.7 Å². The van der Waals surface area contributed by atoms with Crippen molar-refractivity contribution >= 4 is 20.2 Å². The van der Waals surface area contributed by atoms with Gasteiger partial charge < -0.3 is 0 Å². The Bertz CT molecular complexity index is 1130. The molecular formula is C36H58O5S2. The number of rotatable bonds is 26. The van der Waals surface area contributed by atoms with Gasteiger partial charge in [0.05, 0.1) is 9.79 Å². The third-order valence-corrected chi connectivity index (χ3v) is 11.6. The minimum Gasteiger partial charge on any atom is -0.193 e. The fourth-order valence-electron chi connectivity index (χ4n) is 5.71. The number of benzene rings is 2. The SMILES string of the molecule is CCCCCCCCCCCCc1ccccc1S(=O)(=O)OS(=O)(=O)c1ccccc1CCCCCCCCCCCC. The van der Waals surface area contributed by atoms with Crippen molar-refractivity contribution in [1.82, 2.24) is 0 Å². The number of hydrogen-bond acceptors (Lipinski definition) is 5. The van der Waals surface area contributed by atoms with E-state index in [0.717, 1.165) is 38.5 Å². The highest BCUT2D eigenvalue weighted by atomic mass is 32.3. The minimum absolute atomic E-state index is 0.0540. The Morgan fingerprint density at radius 2 is 0.698 bits per heavy atom. The van der Waals surface area contributed by atoms with E-state index in [1.54, 1.807) is 36.4 Å². The van der Waals surface area contributed by atoms with Crippen LogP contribution in [0.5, 0.6) is 0 Å². The summed E-state index contributed by atoms with van der Waals surface area (Å²) in [6.45, 7) is 4.46. The van der Waals surface area contributed by atoms with Crippen molar-refractivity contribution in [3.8, 4) is 0 Å². The molecule has 5 nitrogen and oxygen atoms in total. The van der Waals surface area contributed by atoms with Gasteiger partial charge >= 0.3 is 20.2 Å². The van der Waals surface area contributed by atoms with Crippen molar-refractivity contribution in [2.75, 3.05) is 0 Å². The summed E-state index contributed by atoms with van der Waals surface area (Å²) in [4.78, 5) is -0.108. The number of hydrogen-bond donors (Lipinski definition) is 0. The molecule has 0 fully saturated rings. The third kappa shape index (κ3) is 15.2. The second-order valence-electron chi connectivity index (χ2n) is 12.1. The van der Waals surface area contributed by atoms with Crippen LogP contribution in [0.1, 0.15) is 153 Å². The van der Waals surface area contributed by atoms with E-state index >= 15 is 0 Å². The molecule has 0 amide bonds. The molecule has 2 rings (SSSR count). The van der Waals surface area contributed by atoms with Crippen LogP contribution >= 0.6 is 0 Å². The van der Waals surface area contributed by atoms with Gasteiger partial charge in [-0.2, -0.15) is 16.8 Å². The zero-order valence-corrected chi connectivity index (χ0v) is 28.7. The Labute approximate surface area is 264 Å². The largest absolute Gasteiger partial charge is 0.312 e. The van der Waals surface area contributed by atoms with Crippen LogP contribution in [0.15, 0.2) is 58.3 Å². The monoisotopic (exact) mass is 634 g/mol. The summed E-state index contributed by atoms with van der Waals surface area (Å²) in [5, 5.41) is 0. The fourth-order valence-corrected chi connectivity index (χ4v) is 8.71. The Morgan fingerprint density at radius 3 is 1.02 bits per heavy atom. The van der Waals surface area contributed by atoms with Crippen molar-refractivity contribution < 1.29 is 20.5 Å². The first kappa shape index (κ1) is 37.5. The molecule has 0 aliphatic rings. The summed E-state index contributed by atoms with van der Waals surface area (Å²) in [5.74, 6) is 0. The lowest BCUT2D eigenvalue weighted by Crippen LogP contribution is -2.17. The summed E-state index contributed by atoms with van der Waals surface area (Å²) in [6.07, 6.45) is 25.1. The molecule has 2 aromatic rings. The average molecular weight is 635 g/mol. The van der Waals surface area contributed by atoms with E-state index < -0.39 is 20.2 Å². The maximum absolute atomic E-state index is 13.3. The lowest BCUT2D eigenvalue weighted by Gasteiger charge is -2.13. The van der Waals surface area contributed by atoms with Gasteiger partial charge in [0.15, 0.2) is 0 Å². The summed E-state index contributed by atoms with van der Waals surface area (Å²) in [7, 11) is -9.02. The van der Waals surface area contributed by atoms with Crippen LogP contribution in [0.2, 0.25) is 0 Å². The smallest absolute Gasteiger partial charge is 0.193 e. The van der Waals surface area contributed by atoms with E-state index in [4.69, 9.17) is 3.63 Å². The van der Waals surface area contributed by atoms with Crippen LogP contribution in [-0.4, -0.2) is 16.8 Å². The maximum atomic E-state index is 13.3. The van der Waals surface area contributed by atoms with Gasteiger partial charge in [-0.05, 0) is 48.9 Å². The molecule has 0 saturated carbocycles. The molecule has 0 atom stereocenters. The average Bonchev–Trinajstić information content (AvgIpc) is 2.99. The highest BCUT2D eigenvalue weighted by molar-refractivity contribution is 8.00. The zero-order chi connectivity index (χ0) is 31.2. The molecule has 2 aromatic carbocycles. The molecule has 0 aliphatic heterocycles. The molecule has 0 heterocycles. The van der Waals surface area contributed by atoms with E-state index in [1.165, 1.54) is 102 Å². The summed E-state index contributed by atoms with van der Waals surface area (Å²) >= 11 is 0. The van der Waals surface area contributed by atoms with E-state index in [2.05, 4.69) is 13.8 Å². The molecule has 0 spiro atoms. The number of unbranched alkanes of at least 4 members (excludes halogenated alkanes) is 18. The molecule has 0 radical (unpaired) electrons. The Kier molecular flexibility index (Phi) is 19.1. The van der Waals surface area contributed by atoms with Crippen LogP contribution in [-0.2, 0) is 36.7 Å². The van der Waals surface area contributed by atoms with Gasteiger partial charge in [-0.15, -0.1) is 3.63 Å². The van der Waals surface area contributed by atoms with Gasteiger partial charge in [0.25, 0.3) is 0 Å². The molecule has 0 aromatic heterocycles. The normalized spacial score (nSPS) is 12.1. The molecule has 244 valence electrons. The van der Waals surface area contributed by atoms with Crippen LogP contribution in [0.3, 0.4) is 0 Å². The van der Waals surface area contributed by atoms with Crippen molar-refractivity contribution in [1.29, 1.82) is 0 Å². The number of aryl methyl sites for hydroxylation is 2. The van der Waals surface area contributed by atoms with Crippen molar-refractivity contribution in [2.24, 2.45) is 0 Å². The van der Waals surface area contributed by atoms with Crippen LogP contribution in [0.25, 0.3) is 0 Å². The summed E-state index contributed by atoms with van der Waals surface area (Å²) in [5.41, 5.74) is 1.21. The third-order valence-electron chi connectivity index (χ3n) is 8.26. The molecule has 7 heteroatoms. The van der Waals surface area contributed by atoms with E-state index in [9.17, 15) is 16.8 Å². The summed E-state index contributed by atoms with van der Waals surface area (Å²) in [6, 6.07) is 13.2.